The van der Waals surface area contributed by atoms with Gasteiger partial charge in [-0.1, -0.05) is 31.2 Å². The third-order valence-electron chi connectivity index (χ3n) is 4.86. The van der Waals surface area contributed by atoms with Crippen LogP contribution in [0.1, 0.15) is 37.8 Å². The van der Waals surface area contributed by atoms with E-state index < -0.39 is 6.04 Å². The summed E-state index contributed by atoms with van der Waals surface area (Å²) < 4.78 is 0. The van der Waals surface area contributed by atoms with E-state index in [-0.39, 0.29) is 36.9 Å². The molecule has 1 aromatic rings. The molecular weight excluding hydrogens is 306 g/mol. The molecule has 6 heteroatoms. The SMILES string of the molecule is CCC(C)NC(=O)CCN1C(=O)[C@@H]2Cc3ccccc3CN2C1=O. The van der Waals surface area contributed by atoms with Crippen molar-refractivity contribution < 1.29 is 14.4 Å². The molecule has 128 valence electrons. The molecule has 1 unspecified atom stereocenters. The number of hydrogen-bond donors (Lipinski definition) is 1. The smallest absolute Gasteiger partial charge is 0.327 e. The van der Waals surface area contributed by atoms with Crippen molar-refractivity contribution in [1.29, 1.82) is 0 Å². The number of carbonyl (C=O) groups excluding carboxylic acids is 3. The lowest BCUT2D eigenvalue weighted by Gasteiger charge is -2.28. The molecule has 2 aliphatic rings. The van der Waals surface area contributed by atoms with Crippen LogP contribution in [0.25, 0.3) is 0 Å². The number of urea groups is 1. The standard InChI is InChI=1S/C18H23N3O3/c1-3-12(2)19-16(22)8-9-20-17(23)15-10-13-6-4-5-7-14(13)11-21(15)18(20)24/h4-7,12,15H,3,8-11H2,1-2H3,(H,19,22)/t12?,15-/m0/s1. The molecule has 4 amide bonds. The van der Waals surface area contributed by atoms with Crippen LogP contribution >= 0.6 is 0 Å². The average molecular weight is 329 g/mol. The predicted molar refractivity (Wildman–Crippen MR) is 89.1 cm³/mol. The molecule has 24 heavy (non-hydrogen) atoms. The van der Waals surface area contributed by atoms with Gasteiger partial charge in [0.1, 0.15) is 6.04 Å². The van der Waals surface area contributed by atoms with Gasteiger partial charge in [0.15, 0.2) is 0 Å². The maximum absolute atomic E-state index is 12.6. The minimum absolute atomic E-state index is 0.100. The largest absolute Gasteiger partial charge is 0.354 e. The lowest BCUT2D eigenvalue weighted by atomic mass is 9.95. The Labute approximate surface area is 141 Å². The summed E-state index contributed by atoms with van der Waals surface area (Å²) in [6, 6.07) is 7.29. The zero-order valence-corrected chi connectivity index (χ0v) is 14.1. The Kier molecular flexibility index (Phi) is 4.55. The predicted octanol–water partition coefficient (Wildman–Crippen LogP) is 1.68. The van der Waals surface area contributed by atoms with E-state index in [0.29, 0.717) is 13.0 Å². The Bertz CT molecular complexity index is 630. The van der Waals surface area contributed by atoms with E-state index in [4.69, 9.17) is 0 Å². The van der Waals surface area contributed by atoms with Gasteiger partial charge >= 0.3 is 6.03 Å². The number of fused-ring (bicyclic) bond motifs is 2. The van der Waals surface area contributed by atoms with Crippen LogP contribution < -0.4 is 5.32 Å². The van der Waals surface area contributed by atoms with Gasteiger partial charge in [0.25, 0.3) is 5.91 Å². The molecule has 2 heterocycles. The van der Waals surface area contributed by atoms with E-state index in [1.807, 2.05) is 38.1 Å². The second-order valence-electron chi connectivity index (χ2n) is 6.52. The maximum Gasteiger partial charge on any atom is 0.327 e. The summed E-state index contributed by atoms with van der Waals surface area (Å²) in [5, 5.41) is 2.86. The Balaban J connectivity index is 1.65. The number of hydrogen-bond acceptors (Lipinski definition) is 3. The average Bonchev–Trinajstić information content (AvgIpc) is 2.81. The lowest BCUT2D eigenvalue weighted by Crippen LogP contribution is -2.40. The van der Waals surface area contributed by atoms with Crippen LogP contribution in [0.3, 0.4) is 0 Å². The summed E-state index contributed by atoms with van der Waals surface area (Å²) in [6.45, 7) is 4.53. The van der Waals surface area contributed by atoms with E-state index in [2.05, 4.69) is 5.32 Å². The number of carbonyl (C=O) groups is 3. The first kappa shape index (κ1) is 16.5. The molecule has 1 aromatic carbocycles. The van der Waals surface area contributed by atoms with Crippen molar-refractivity contribution in [1.82, 2.24) is 15.1 Å². The van der Waals surface area contributed by atoms with Gasteiger partial charge < -0.3 is 10.2 Å². The summed E-state index contributed by atoms with van der Waals surface area (Å²) in [6.07, 6.45) is 1.55. The van der Waals surface area contributed by atoms with E-state index in [1.165, 1.54) is 4.90 Å². The van der Waals surface area contributed by atoms with Crippen LogP contribution in [0.5, 0.6) is 0 Å². The molecule has 1 fully saturated rings. The zero-order valence-electron chi connectivity index (χ0n) is 14.1. The number of amides is 4. The van der Waals surface area contributed by atoms with Crippen molar-refractivity contribution in [2.45, 2.75) is 51.7 Å². The van der Waals surface area contributed by atoms with Gasteiger partial charge in [-0.3, -0.25) is 14.5 Å². The minimum Gasteiger partial charge on any atom is -0.354 e. The topological polar surface area (TPSA) is 69.7 Å². The van der Waals surface area contributed by atoms with Crippen molar-refractivity contribution in [2.24, 2.45) is 0 Å². The van der Waals surface area contributed by atoms with Gasteiger partial charge in [0.2, 0.25) is 5.91 Å². The molecule has 0 radical (unpaired) electrons. The van der Waals surface area contributed by atoms with Crippen LogP contribution in [-0.4, -0.2) is 46.3 Å². The van der Waals surface area contributed by atoms with E-state index in [9.17, 15) is 14.4 Å². The lowest BCUT2D eigenvalue weighted by molar-refractivity contribution is -0.129. The fourth-order valence-corrected chi connectivity index (χ4v) is 3.24. The molecular formula is C18H23N3O3. The van der Waals surface area contributed by atoms with Crippen LogP contribution in [0.15, 0.2) is 24.3 Å². The summed E-state index contributed by atoms with van der Waals surface area (Å²) >= 11 is 0. The van der Waals surface area contributed by atoms with Crippen molar-refractivity contribution in [3.63, 3.8) is 0 Å². The second kappa shape index (κ2) is 6.63. The second-order valence-corrected chi connectivity index (χ2v) is 6.52. The molecule has 6 nitrogen and oxygen atoms in total. The minimum atomic E-state index is -0.426. The molecule has 0 aliphatic carbocycles. The zero-order chi connectivity index (χ0) is 17.3. The molecule has 0 saturated carbocycles. The molecule has 2 atom stereocenters. The number of rotatable bonds is 5. The molecule has 3 rings (SSSR count). The molecule has 0 bridgehead atoms. The fraction of sp³-hybridized carbons (Fsp3) is 0.500. The highest BCUT2D eigenvalue weighted by atomic mass is 16.2. The van der Waals surface area contributed by atoms with Crippen molar-refractivity contribution in [3.05, 3.63) is 35.4 Å². The van der Waals surface area contributed by atoms with Crippen molar-refractivity contribution in [2.75, 3.05) is 6.54 Å². The molecule has 1 saturated heterocycles. The van der Waals surface area contributed by atoms with Crippen molar-refractivity contribution >= 4 is 17.8 Å². The summed E-state index contributed by atoms with van der Waals surface area (Å²) in [5.74, 6) is -0.316. The summed E-state index contributed by atoms with van der Waals surface area (Å²) in [4.78, 5) is 39.9. The van der Waals surface area contributed by atoms with Gasteiger partial charge in [-0.05, 0) is 24.5 Å². The number of imide groups is 1. The first-order valence-corrected chi connectivity index (χ1v) is 8.49. The van der Waals surface area contributed by atoms with Crippen LogP contribution in [-0.2, 0) is 22.6 Å². The number of benzene rings is 1. The molecule has 1 N–H and O–H groups in total. The Morgan fingerprint density at radius 3 is 2.71 bits per heavy atom. The van der Waals surface area contributed by atoms with Gasteiger partial charge in [-0.2, -0.15) is 0 Å². The van der Waals surface area contributed by atoms with Gasteiger partial charge in [-0.15, -0.1) is 0 Å². The summed E-state index contributed by atoms with van der Waals surface area (Å²) in [7, 11) is 0. The highest BCUT2D eigenvalue weighted by Crippen LogP contribution is 2.29. The molecule has 0 spiro atoms. The summed E-state index contributed by atoms with van der Waals surface area (Å²) in [5.41, 5.74) is 2.21. The Hall–Kier alpha value is -2.37. The van der Waals surface area contributed by atoms with Crippen LogP contribution in [0.2, 0.25) is 0 Å². The first-order valence-electron chi connectivity index (χ1n) is 8.49. The van der Waals surface area contributed by atoms with Gasteiger partial charge in [-0.25, -0.2) is 4.79 Å². The molecule has 0 aromatic heterocycles. The first-order chi connectivity index (χ1) is 11.5. The fourth-order valence-electron chi connectivity index (χ4n) is 3.24. The Morgan fingerprint density at radius 2 is 2.00 bits per heavy atom. The third kappa shape index (κ3) is 3.00. The van der Waals surface area contributed by atoms with Gasteiger partial charge in [0.05, 0.1) is 0 Å². The normalized spacial score (nSPS) is 20.7. The van der Waals surface area contributed by atoms with Crippen molar-refractivity contribution in [3.8, 4) is 0 Å². The van der Waals surface area contributed by atoms with E-state index in [0.717, 1.165) is 17.5 Å². The van der Waals surface area contributed by atoms with E-state index in [1.54, 1.807) is 4.90 Å². The highest BCUT2D eigenvalue weighted by Gasteiger charge is 2.46. The highest BCUT2D eigenvalue weighted by molar-refractivity contribution is 6.04. The number of nitrogens with zero attached hydrogens (tertiary/aromatic N) is 2. The number of nitrogens with one attached hydrogen (secondary N) is 1. The third-order valence-corrected chi connectivity index (χ3v) is 4.86. The monoisotopic (exact) mass is 329 g/mol. The Morgan fingerprint density at radius 1 is 1.29 bits per heavy atom. The van der Waals surface area contributed by atoms with Gasteiger partial charge in [0, 0.05) is 32.0 Å². The quantitative estimate of drug-likeness (QED) is 0.836. The van der Waals surface area contributed by atoms with Crippen LogP contribution in [0, 0.1) is 0 Å². The molecule has 2 aliphatic heterocycles. The van der Waals surface area contributed by atoms with E-state index >= 15 is 0 Å². The van der Waals surface area contributed by atoms with Crippen LogP contribution in [0.4, 0.5) is 4.79 Å². The maximum atomic E-state index is 12.6.